The monoisotopic (exact) mass is 735 g/mol. The van der Waals surface area contributed by atoms with E-state index >= 15 is 0 Å². The fourth-order valence-corrected chi connectivity index (χ4v) is 4.20. The Kier molecular flexibility index (Phi) is 21.8. The number of likely N-dealkylation sites (N-methyl/N-ethyl adjacent to an activating group) is 1. The van der Waals surface area contributed by atoms with Crippen molar-refractivity contribution in [3.8, 4) is 0 Å². The Morgan fingerprint density at radius 3 is 1.63 bits per heavy atom. The van der Waals surface area contributed by atoms with Crippen molar-refractivity contribution in [1.82, 2.24) is 36.5 Å². The van der Waals surface area contributed by atoms with Gasteiger partial charge in [-0.15, -0.1) is 0 Å². The Morgan fingerprint density at radius 1 is 0.725 bits per heavy atom. The van der Waals surface area contributed by atoms with Gasteiger partial charge in [-0.1, -0.05) is 0 Å². The molecule has 0 saturated carbocycles. The first-order valence-electron chi connectivity index (χ1n) is 15.5. The summed E-state index contributed by atoms with van der Waals surface area (Å²) in [5, 5.41) is 67.0. The topological polar surface area (TPSA) is 406 Å². The molecule has 0 aromatic heterocycles. The third-order valence-corrected chi connectivity index (χ3v) is 7.19. The highest BCUT2D eigenvalue weighted by molar-refractivity contribution is 5.94. The van der Waals surface area contributed by atoms with E-state index in [1.165, 1.54) is 7.05 Å². The van der Waals surface area contributed by atoms with E-state index < -0.39 is 103 Å². The maximum Gasteiger partial charge on any atom is 0.326 e. The Hall–Kier alpha value is -5.01. The Morgan fingerprint density at radius 2 is 1.20 bits per heavy atom. The van der Waals surface area contributed by atoms with Gasteiger partial charge < -0.3 is 64.2 Å². The third kappa shape index (κ3) is 17.0. The van der Waals surface area contributed by atoms with Crippen LogP contribution in [0.2, 0.25) is 0 Å². The molecule has 0 aliphatic rings. The van der Waals surface area contributed by atoms with Crippen molar-refractivity contribution < 1.29 is 64.0 Å². The number of aliphatic hydroxyl groups is 3. The summed E-state index contributed by atoms with van der Waals surface area (Å²) in [6.07, 6.45) is -0.313. The second-order valence-corrected chi connectivity index (χ2v) is 11.0. The molecule has 0 saturated heterocycles. The number of rotatable bonds is 26. The van der Waals surface area contributed by atoms with E-state index in [1.807, 2.05) is 5.32 Å². The molecule has 0 fully saturated rings. The van der Waals surface area contributed by atoms with Crippen molar-refractivity contribution in [2.45, 2.75) is 74.8 Å². The SMILES string of the molecule is CNC(CCCN(O)C(=O)C(CO)NC(=O)C(N)CCCN(C=O)C(=N)N)C(=O)NC(CO)C(=O)NC(CO)C(=O)NC(CCC(N)=O)C(=O)O. The summed E-state index contributed by atoms with van der Waals surface area (Å²) in [5.41, 5.74) is 16.0. The van der Waals surface area contributed by atoms with E-state index in [2.05, 4.69) is 21.3 Å². The fourth-order valence-electron chi connectivity index (χ4n) is 4.20. The number of nitrogens with zero attached hydrogens (tertiary/aromatic N) is 2. The lowest BCUT2D eigenvalue weighted by molar-refractivity contribution is -0.169. The molecule has 6 atom stereocenters. The van der Waals surface area contributed by atoms with E-state index in [0.717, 1.165) is 4.90 Å². The molecule has 0 spiro atoms. The molecular formula is C27H49N11O13. The number of hydrogen-bond acceptors (Lipinski definition) is 15. The van der Waals surface area contributed by atoms with Crippen LogP contribution in [0.5, 0.6) is 0 Å². The molecule has 6 unspecified atom stereocenters. The lowest BCUT2D eigenvalue weighted by atomic mass is 10.1. The number of aliphatic hydroxyl groups excluding tert-OH is 3. The summed E-state index contributed by atoms with van der Waals surface area (Å²) in [6.45, 7) is -3.25. The maximum absolute atomic E-state index is 12.8. The summed E-state index contributed by atoms with van der Waals surface area (Å²) in [7, 11) is 1.38. The van der Waals surface area contributed by atoms with E-state index in [-0.39, 0.29) is 56.7 Å². The van der Waals surface area contributed by atoms with Crippen LogP contribution in [-0.2, 0) is 38.4 Å². The van der Waals surface area contributed by atoms with Crippen LogP contribution in [0.1, 0.15) is 38.5 Å². The molecule has 51 heavy (non-hydrogen) atoms. The number of nitrogens with one attached hydrogen (secondary N) is 6. The van der Waals surface area contributed by atoms with Crippen molar-refractivity contribution >= 4 is 53.8 Å². The molecule has 0 aliphatic heterocycles. The van der Waals surface area contributed by atoms with Crippen LogP contribution in [0.3, 0.4) is 0 Å². The first kappa shape index (κ1) is 46.0. The average molecular weight is 736 g/mol. The molecule has 0 rings (SSSR count). The largest absolute Gasteiger partial charge is 0.480 e. The molecule has 0 radical (unpaired) electrons. The average Bonchev–Trinajstić information content (AvgIpc) is 3.08. The second kappa shape index (κ2) is 24.2. The van der Waals surface area contributed by atoms with Crippen molar-refractivity contribution in [3.05, 3.63) is 0 Å². The number of carboxylic acids is 1. The Bertz CT molecular complexity index is 1230. The molecule has 0 aliphatic carbocycles. The minimum Gasteiger partial charge on any atom is -0.480 e. The second-order valence-electron chi connectivity index (χ2n) is 11.0. The summed E-state index contributed by atoms with van der Waals surface area (Å²) < 4.78 is 0. The highest BCUT2D eigenvalue weighted by Gasteiger charge is 2.31. The zero-order chi connectivity index (χ0) is 39.3. The first-order chi connectivity index (χ1) is 24.0. The molecule has 0 heterocycles. The molecule has 24 heteroatoms. The molecule has 24 nitrogen and oxygen atoms in total. The zero-order valence-corrected chi connectivity index (χ0v) is 27.9. The highest BCUT2D eigenvalue weighted by atomic mass is 16.5. The molecule has 0 bridgehead atoms. The number of nitrogens with two attached hydrogens (primary N) is 3. The lowest BCUT2D eigenvalue weighted by Gasteiger charge is -2.25. The van der Waals surface area contributed by atoms with Gasteiger partial charge in [0.25, 0.3) is 5.91 Å². The molecule has 290 valence electrons. The van der Waals surface area contributed by atoms with Gasteiger partial charge in [-0.2, -0.15) is 0 Å². The van der Waals surface area contributed by atoms with Gasteiger partial charge in [0.2, 0.25) is 35.9 Å². The van der Waals surface area contributed by atoms with Crippen molar-refractivity contribution in [1.29, 1.82) is 5.41 Å². The third-order valence-electron chi connectivity index (χ3n) is 7.19. The predicted octanol–water partition coefficient (Wildman–Crippen LogP) is -7.70. The number of amides is 7. The molecule has 17 N–H and O–H groups in total. The number of hydrogen-bond donors (Lipinski definition) is 14. The van der Waals surface area contributed by atoms with E-state index in [4.69, 9.17) is 22.6 Å². The summed E-state index contributed by atoms with van der Waals surface area (Å²) >= 11 is 0. The van der Waals surface area contributed by atoms with E-state index in [9.17, 15) is 64.0 Å². The summed E-state index contributed by atoms with van der Waals surface area (Å²) in [5.74, 6) is -7.88. The van der Waals surface area contributed by atoms with Gasteiger partial charge in [-0.25, -0.2) is 9.86 Å². The Balaban J connectivity index is 5.08. The van der Waals surface area contributed by atoms with E-state index in [0.29, 0.717) is 6.41 Å². The minimum absolute atomic E-state index is 0.00725. The highest BCUT2D eigenvalue weighted by Crippen LogP contribution is 2.04. The number of carboxylic acid groups (broad SMARTS) is 1. The lowest BCUT2D eigenvalue weighted by Crippen LogP contribution is -2.59. The van der Waals surface area contributed by atoms with Gasteiger partial charge in [-0.3, -0.25) is 49.1 Å². The van der Waals surface area contributed by atoms with Gasteiger partial charge in [0.05, 0.1) is 31.9 Å². The smallest absolute Gasteiger partial charge is 0.326 e. The zero-order valence-electron chi connectivity index (χ0n) is 27.9. The van der Waals surface area contributed by atoms with Gasteiger partial charge >= 0.3 is 5.97 Å². The van der Waals surface area contributed by atoms with Crippen molar-refractivity contribution in [2.75, 3.05) is 40.0 Å². The molecule has 0 aromatic rings. The standard InChI is InChI=1S/C27H49N11O13/c1-32-15(5-3-9-38(51)25(48)19(12-41)36-21(44)14(28)4-2-8-37(13-42)27(30)31)22(45)34-18(11-40)24(47)35-17(10-39)23(46)33-16(26(49)50)6-7-20(29)43/h13-19,32,39-41,51H,2-12,28H2,1H3,(H2,29,43)(H3,30,31)(H,33,46)(H,34,45)(H,35,47)(H,36,44)(H,49,50). The number of carbonyl (C=O) groups is 8. The van der Waals surface area contributed by atoms with Crippen LogP contribution in [0, 0.1) is 5.41 Å². The summed E-state index contributed by atoms with van der Waals surface area (Å²) in [4.78, 5) is 97.1. The van der Waals surface area contributed by atoms with E-state index in [1.54, 1.807) is 0 Å². The normalized spacial score (nSPS) is 14.3. The Labute approximate surface area is 291 Å². The van der Waals surface area contributed by atoms with Crippen LogP contribution in [-0.4, -0.2) is 166 Å². The van der Waals surface area contributed by atoms with Gasteiger partial charge in [0, 0.05) is 19.5 Å². The van der Waals surface area contributed by atoms with Crippen molar-refractivity contribution in [2.24, 2.45) is 17.2 Å². The molecule has 0 aromatic carbocycles. The van der Waals surface area contributed by atoms with Crippen LogP contribution >= 0.6 is 0 Å². The maximum atomic E-state index is 12.8. The number of carbonyl (C=O) groups excluding carboxylic acids is 7. The molecule has 7 amide bonds. The van der Waals surface area contributed by atoms with Crippen LogP contribution in [0.15, 0.2) is 0 Å². The molecular weight excluding hydrogens is 686 g/mol. The van der Waals surface area contributed by atoms with Crippen LogP contribution in [0.25, 0.3) is 0 Å². The van der Waals surface area contributed by atoms with Crippen molar-refractivity contribution in [3.63, 3.8) is 0 Å². The van der Waals surface area contributed by atoms with Crippen LogP contribution < -0.4 is 43.8 Å². The number of aliphatic carboxylic acids is 1. The predicted molar refractivity (Wildman–Crippen MR) is 173 cm³/mol. The van der Waals surface area contributed by atoms with Gasteiger partial charge in [0.15, 0.2) is 5.96 Å². The fraction of sp³-hybridized carbons (Fsp3) is 0.667. The van der Waals surface area contributed by atoms with Crippen LogP contribution in [0.4, 0.5) is 0 Å². The first-order valence-corrected chi connectivity index (χ1v) is 15.5. The minimum atomic E-state index is -1.71. The number of guanidine groups is 1. The van der Waals surface area contributed by atoms with Gasteiger partial charge in [-0.05, 0) is 39.2 Å². The number of primary amides is 1. The summed E-state index contributed by atoms with van der Waals surface area (Å²) in [6, 6.07) is -8.74. The quantitative estimate of drug-likeness (QED) is 0.0129. The van der Waals surface area contributed by atoms with Gasteiger partial charge in [0.1, 0.15) is 24.2 Å². The number of hydroxylamine groups is 2.